The molecule has 94 valence electrons. The number of hydrogen-bond donors (Lipinski definition) is 0. The highest BCUT2D eigenvalue weighted by Crippen LogP contribution is 2.37. The molecular weight excluding hydrogens is 236 g/mol. The average molecular weight is 250 g/mol. The Hall–Kier alpha value is -2.34. The van der Waals surface area contributed by atoms with Gasteiger partial charge in [-0.3, -0.25) is 4.79 Å². The second-order valence-corrected chi connectivity index (χ2v) is 4.75. The molecule has 19 heavy (non-hydrogen) atoms. The van der Waals surface area contributed by atoms with Crippen LogP contribution in [0.4, 0.5) is 5.69 Å². The van der Waals surface area contributed by atoms with Crippen LogP contribution in [0.25, 0.3) is 10.8 Å². The highest BCUT2D eigenvalue weighted by atomic mass is 16.2. The molecule has 0 fully saturated rings. The number of carbonyl (C=O) groups is 1. The number of carbonyl (C=O) groups excluding carboxylic acids is 1. The first-order chi connectivity index (χ1) is 9.33. The third kappa shape index (κ3) is 1.86. The van der Waals surface area contributed by atoms with Crippen LogP contribution in [0.1, 0.15) is 29.6 Å². The SMILES string of the molecule is N#CCCCCN1C(=O)c2cccc3cccc1c23. The normalized spacial score (nSPS) is 13.0. The number of amides is 1. The van der Waals surface area contributed by atoms with E-state index in [0.29, 0.717) is 13.0 Å². The van der Waals surface area contributed by atoms with Crippen molar-refractivity contribution in [3.8, 4) is 6.07 Å². The molecule has 3 heteroatoms. The van der Waals surface area contributed by atoms with Crippen molar-refractivity contribution in [1.29, 1.82) is 5.26 Å². The van der Waals surface area contributed by atoms with Gasteiger partial charge in [-0.05, 0) is 30.4 Å². The zero-order valence-electron chi connectivity index (χ0n) is 10.6. The van der Waals surface area contributed by atoms with Gasteiger partial charge in [-0.2, -0.15) is 5.26 Å². The number of hydrogen-bond acceptors (Lipinski definition) is 2. The fourth-order valence-electron chi connectivity index (χ4n) is 2.68. The first-order valence-corrected chi connectivity index (χ1v) is 6.53. The first-order valence-electron chi connectivity index (χ1n) is 6.53. The number of nitriles is 1. The third-order valence-electron chi connectivity index (χ3n) is 3.57. The Bertz CT molecular complexity index is 679. The van der Waals surface area contributed by atoms with Crippen LogP contribution in [0.3, 0.4) is 0 Å². The number of anilines is 1. The lowest BCUT2D eigenvalue weighted by Gasteiger charge is -2.17. The molecule has 0 unspecified atom stereocenters. The number of nitrogens with zero attached hydrogens (tertiary/aromatic N) is 2. The van der Waals surface area contributed by atoms with E-state index in [1.807, 2.05) is 41.3 Å². The second kappa shape index (κ2) is 4.74. The van der Waals surface area contributed by atoms with E-state index in [9.17, 15) is 4.79 Å². The van der Waals surface area contributed by atoms with Crippen LogP contribution >= 0.6 is 0 Å². The molecule has 0 radical (unpaired) electrons. The Kier molecular flexibility index (Phi) is 2.92. The maximum Gasteiger partial charge on any atom is 0.258 e. The molecule has 0 saturated carbocycles. The van der Waals surface area contributed by atoms with Crippen molar-refractivity contribution < 1.29 is 4.79 Å². The van der Waals surface area contributed by atoms with E-state index in [0.717, 1.165) is 34.9 Å². The van der Waals surface area contributed by atoms with Crippen molar-refractivity contribution in [2.24, 2.45) is 0 Å². The van der Waals surface area contributed by atoms with Crippen molar-refractivity contribution in [3.63, 3.8) is 0 Å². The number of rotatable bonds is 4. The maximum atomic E-state index is 12.4. The predicted molar refractivity (Wildman–Crippen MR) is 75.1 cm³/mol. The van der Waals surface area contributed by atoms with Crippen LogP contribution in [0.15, 0.2) is 36.4 Å². The molecule has 3 rings (SSSR count). The van der Waals surface area contributed by atoms with E-state index < -0.39 is 0 Å². The second-order valence-electron chi connectivity index (χ2n) is 4.75. The Morgan fingerprint density at radius 2 is 1.89 bits per heavy atom. The predicted octanol–water partition coefficient (Wildman–Crippen LogP) is 3.49. The minimum Gasteiger partial charge on any atom is -0.308 e. The largest absolute Gasteiger partial charge is 0.308 e. The van der Waals surface area contributed by atoms with Gasteiger partial charge in [0.25, 0.3) is 5.91 Å². The van der Waals surface area contributed by atoms with Gasteiger partial charge < -0.3 is 4.90 Å². The molecule has 0 spiro atoms. The van der Waals surface area contributed by atoms with E-state index in [1.54, 1.807) is 0 Å². The summed E-state index contributed by atoms with van der Waals surface area (Å²) < 4.78 is 0. The van der Waals surface area contributed by atoms with Gasteiger partial charge in [0, 0.05) is 23.9 Å². The summed E-state index contributed by atoms with van der Waals surface area (Å²) in [5, 5.41) is 10.7. The minimum absolute atomic E-state index is 0.0868. The molecule has 0 saturated heterocycles. The molecule has 1 heterocycles. The molecule has 2 aromatic rings. The van der Waals surface area contributed by atoms with Crippen LogP contribution in [0.5, 0.6) is 0 Å². The summed E-state index contributed by atoms with van der Waals surface area (Å²) >= 11 is 0. The van der Waals surface area contributed by atoms with Gasteiger partial charge in [-0.15, -0.1) is 0 Å². The summed E-state index contributed by atoms with van der Waals surface area (Å²) in [6.45, 7) is 0.689. The summed E-state index contributed by atoms with van der Waals surface area (Å²) in [5.74, 6) is 0.0868. The van der Waals surface area contributed by atoms with Gasteiger partial charge >= 0.3 is 0 Å². The molecule has 1 amide bonds. The van der Waals surface area contributed by atoms with Gasteiger partial charge in [-0.1, -0.05) is 24.3 Å². The van der Waals surface area contributed by atoms with Crippen LogP contribution < -0.4 is 4.90 Å². The average Bonchev–Trinajstić information content (AvgIpc) is 2.71. The maximum absolute atomic E-state index is 12.4. The van der Waals surface area contributed by atoms with E-state index in [1.165, 1.54) is 0 Å². The molecule has 0 aliphatic carbocycles. The molecule has 0 N–H and O–H groups in total. The van der Waals surface area contributed by atoms with Crippen molar-refractivity contribution in [2.75, 3.05) is 11.4 Å². The van der Waals surface area contributed by atoms with E-state index in [-0.39, 0.29) is 5.91 Å². The smallest absolute Gasteiger partial charge is 0.258 e. The lowest BCUT2D eigenvalue weighted by molar-refractivity contribution is 0.0993. The molecule has 1 aliphatic rings. The third-order valence-corrected chi connectivity index (χ3v) is 3.57. The van der Waals surface area contributed by atoms with E-state index in [4.69, 9.17) is 5.26 Å². The standard InChI is InChI=1S/C16H14N2O/c17-10-2-1-3-11-18-14-9-5-7-12-6-4-8-13(15(12)14)16(18)19/h4-9H,1-3,11H2. The van der Waals surface area contributed by atoms with Gasteiger partial charge in [0.05, 0.1) is 11.8 Å². The van der Waals surface area contributed by atoms with Gasteiger partial charge in [-0.25, -0.2) is 0 Å². The zero-order valence-corrected chi connectivity index (χ0v) is 10.6. The first kappa shape index (κ1) is 11.7. The quantitative estimate of drug-likeness (QED) is 0.779. The Labute approximate surface area is 112 Å². The van der Waals surface area contributed by atoms with Crippen molar-refractivity contribution >= 4 is 22.4 Å². The summed E-state index contributed by atoms with van der Waals surface area (Å²) in [7, 11) is 0. The fraction of sp³-hybridized carbons (Fsp3) is 0.250. The van der Waals surface area contributed by atoms with Gasteiger partial charge in [0.15, 0.2) is 0 Å². The lowest BCUT2D eigenvalue weighted by Crippen LogP contribution is -2.27. The van der Waals surface area contributed by atoms with Crippen molar-refractivity contribution in [2.45, 2.75) is 19.3 Å². The molecule has 1 aliphatic heterocycles. The lowest BCUT2D eigenvalue weighted by atomic mass is 10.1. The molecule has 2 aromatic carbocycles. The van der Waals surface area contributed by atoms with Crippen LogP contribution in [0, 0.1) is 11.3 Å². The molecule has 0 atom stereocenters. The minimum atomic E-state index is 0.0868. The topological polar surface area (TPSA) is 44.1 Å². The highest BCUT2D eigenvalue weighted by molar-refractivity contribution is 6.24. The summed E-state index contributed by atoms with van der Waals surface area (Å²) in [6, 6.07) is 14.0. The molecule has 0 bridgehead atoms. The Balaban J connectivity index is 1.92. The molecular formula is C16H14N2O. The molecule has 0 aromatic heterocycles. The summed E-state index contributed by atoms with van der Waals surface area (Å²) in [4.78, 5) is 14.2. The Morgan fingerprint density at radius 3 is 2.68 bits per heavy atom. The van der Waals surface area contributed by atoms with Crippen LogP contribution in [-0.2, 0) is 0 Å². The summed E-state index contributed by atoms with van der Waals surface area (Å²) in [5.41, 5.74) is 1.81. The van der Waals surface area contributed by atoms with E-state index in [2.05, 4.69) is 6.07 Å². The van der Waals surface area contributed by atoms with Crippen molar-refractivity contribution in [1.82, 2.24) is 0 Å². The van der Waals surface area contributed by atoms with Crippen LogP contribution in [0.2, 0.25) is 0 Å². The van der Waals surface area contributed by atoms with Gasteiger partial charge in [0.2, 0.25) is 0 Å². The summed E-state index contributed by atoms with van der Waals surface area (Å²) in [6.07, 6.45) is 2.26. The fourth-order valence-corrected chi connectivity index (χ4v) is 2.68. The number of unbranched alkanes of at least 4 members (excludes halogenated alkanes) is 2. The zero-order chi connectivity index (χ0) is 13.2. The Morgan fingerprint density at radius 1 is 1.11 bits per heavy atom. The van der Waals surface area contributed by atoms with Crippen LogP contribution in [-0.4, -0.2) is 12.5 Å². The van der Waals surface area contributed by atoms with E-state index >= 15 is 0 Å². The van der Waals surface area contributed by atoms with Crippen molar-refractivity contribution in [3.05, 3.63) is 42.0 Å². The highest BCUT2D eigenvalue weighted by Gasteiger charge is 2.28. The monoisotopic (exact) mass is 250 g/mol. The van der Waals surface area contributed by atoms with Gasteiger partial charge in [0.1, 0.15) is 0 Å². The number of benzene rings is 2. The molecule has 3 nitrogen and oxygen atoms in total.